The molecule has 0 saturated carbocycles. The van der Waals surface area contributed by atoms with Gasteiger partial charge >= 0.3 is 0 Å². The first kappa shape index (κ1) is 13.4. The third-order valence-corrected chi connectivity index (χ3v) is 3.71. The van der Waals surface area contributed by atoms with Crippen molar-refractivity contribution in [2.75, 3.05) is 0 Å². The van der Waals surface area contributed by atoms with Gasteiger partial charge in [-0.2, -0.15) is 0 Å². The van der Waals surface area contributed by atoms with Crippen LogP contribution in [0.4, 0.5) is 0 Å². The lowest BCUT2D eigenvalue weighted by Crippen LogP contribution is -2.41. The number of hydrogen-bond acceptors (Lipinski definition) is 2. The van der Waals surface area contributed by atoms with E-state index in [0.717, 1.165) is 6.29 Å². The average molecular weight is 238 g/mol. The lowest BCUT2D eigenvalue weighted by atomic mass is 9.68. The topological polar surface area (TPSA) is 26.3 Å². The first-order chi connectivity index (χ1) is 7.26. The molecular weight excluding hydrogens is 216 g/mol. The maximum Gasteiger partial charge on any atom is 0.146 e. The number of hydrogen-bond donors (Lipinski definition) is 0. The fourth-order valence-electron chi connectivity index (χ4n) is 2.46. The summed E-state index contributed by atoms with van der Waals surface area (Å²) in [4.78, 5) is 11.3. The van der Waals surface area contributed by atoms with Gasteiger partial charge in [0.2, 0.25) is 0 Å². The van der Waals surface area contributed by atoms with Crippen molar-refractivity contribution in [3.63, 3.8) is 0 Å². The van der Waals surface area contributed by atoms with E-state index in [1.807, 2.05) is 19.1 Å². The van der Waals surface area contributed by atoms with Crippen molar-refractivity contribution >= 4 is 16.8 Å². The van der Waals surface area contributed by atoms with Gasteiger partial charge in [-0.1, -0.05) is 32.9 Å². The summed E-state index contributed by atoms with van der Waals surface area (Å²) in [5.41, 5.74) is 2.00. The third kappa shape index (κ3) is 2.20. The Balaban J connectivity index is 3.31. The Morgan fingerprint density at radius 1 is 1.50 bits per heavy atom. The van der Waals surface area contributed by atoms with Gasteiger partial charge in [-0.05, 0) is 30.4 Å². The minimum atomic E-state index is -0.510. The quantitative estimate of drug-likeness (QED) is 0.541. The number of rotatable bonds is 2. The molecule has 0 aromatic rings. The Labute approximate surface area is 101 Å². The van der Waals surface area contributed by atoms with E-state index < -0.39 is 5.41 Å². The molecule has 1 aliphatic rings. The van der Waals surface area contributed by atoms with Crippen molar-refractivity contribution in [3.8, 4) is 0 Å². The second-order valence-corrected chi connectivity index (χ2v) is 6.25. The summed E-state index contributed by atoms with van der Waals surface area (Å²) in [5, 5.41) is 0. The standard InChI is InChI=1S/C13H22O2Si/c1-9-6-7-13(5,8-14)11(15-16)10(9)12(2,3)4/h6-8,11H,1-5,16H3. The van der Waals surface area contributed by atoms with Crippen LogP contribution in [0.3, 0.4) is 0 Å². The highest BCUT2D eigenvalue weighted by molar-refractivity contribution is 5.98. The van der Waals surface area contributed by atoms with Crippen LogP contribution in [0.5, 0.6) is 0 Å². The smallest absolute Gasteiger partial charge is 0.146 e. The molecule has 0 amide bonds. The maximum absolute atomic E-state index is 11.3. The molecule has 2 atom stereocenters. The van der Waals surface area contributed by atoms with E-state index in [2.05, 4.69) is 27.7 Å². The average Bonchev–Trinajstić information content (AvgIpc) is 2.19. The normalized spacial score (nSPS) is 30.9. The van der Waals surface area contributed by atoms with Gasteiger partial charge in [0, 0.05) is 0 Å². The first-order valence-corrected chi connectivity index (χ1v) is 6.47. The molecule has 0 spiro atoms. The van der Waals surface area contributed by atoms with Crippen LogP contribution in [0, 0.1) is 10.8 Å². The molecule has 0 aromatic heterocycles. The van der Waals surface area contributed by atoms with Gasteiger partial charge in [0.25, 0.3) is 0 Å². The molecule has 2 nitrogen and oxygen atoms in total. The Morgan fingerprint density at radius 3 is 2.44 bits per heavy atom. The van der Waals surface area contributed by atoms with Crippen molar-refractivity contribution in [2.45, 2.75) is 40.7 Å². The van der Waals surface area contributed by atoms with E-state index in [1.165, 1.54) is 11.1 Å². The molecule has 0 radical (unpaired) electrons. The molecule has 16 heavy (non-hydrogen) atoms. The number of allylic oxidation sites excluding steroid dienone is 2. The van der Waals surface area contributed by atoms with Crippen LogP contribution in [0.15, 0.2) is 23.3 Å². The predicted molar refractivity (Wildman–Crippen MR) is 70.3 cm³/mol. The predicted octanol–water partition coefficient (Wildman–Crippen LogP) is 1.79. The minimum Gasteiger partial charge on any atom is -0.420 e. The number of carbonyl (C=O) groups is 1. The van der Waals surface area contributed by atoms with Gasteiger partial charge in [0.05, 0.1) is 11.5 Å². The summed E-state index contributed by atoms with van der Waals surface area (Å²) in [7, 11) is 0.642. The molecular formula is C13H22O2Si. The highest BCUT2D eigenvalue weighted by atomic mass is 28.2. The minimum absolute atomic E-state index is 0.0359. The van der Waals surface area contributed by atoms with E-state index >= 15 is 0 Å². The molecule has 2 unspecified atom stereocenters. The van der Waals surface area contributed by atoms with Crippen molar-refractivity contribution in [3.05, 3.63) is 23.3 Å². The zero-order chi connectivity index (χ0) is 12.6. The maximum atomic E-state index is 11.3. The van der Waals surface area contributed by atoms with Crippen LogP contribution in [-0.2, 0) is 9.22 Å². The Bertz CT molecular complexity index is 349. The highest BCUT2D eigenvalue weighted by Crippen LogP contribution is 2.42. The van der Waals surface area contributed by atoms with Crippen LogP contribution in [0.2, 0.25) is 0 Å². The van der Waals surface area contributed by atoms with Gasteiger partial charge in [-0.3, -0.25) is 0 Å². The van der Waals surface area contributed by atoms with E-state index in [9.17, 15) is 4.79 Å². The molecule has 3 heteroatoms. The third-order valence-electron chi connectivity index (χ3n) is 3.24. The van der Waals surface area contributed by atoms with E-state index in [1.54, 1.807) is 0 Å². The lowest BCUT2D eigenvalue weighted by molar-refractivity contribution is -0.116. The lowest BCUT2D eigenvalue weighted by Gasteiger charge is -2.41. The Morgan fingerprint density at radius 2 is 2.06 bits per heavy atom. The Hall–Kier alpha value is -0.673. The number of carbonyl (C=O) groups excluding carboxylic acids is 1. The van der Waals surface area contributed by atoms with E-state index in [0.29, 0.717) is 10.5 Å². The molecule has 0 aromatic carbocycles. The fraction of sp³-hybridized carbons (Fsp3) is 0.615. The van der Waals surface area contributed by atoms with Gasteiger partial charge < -0.3 is 9.22 Å². The van der Waals surface area contributed by atoms with Crippen molar-refractivity contribution in [1.82, 2.24) is 0 Å². The SMILES string of the molecule is CC1=C(C(C)(C)C)C(O[SiH3])C(C)(C=O)C=C1. The van der Waals surface area contributed by atoms with Gasteiger partial charge in [-0.25, -0.2) is 0 Å². The largest absolute Gasteiger partial charge is 0.420 e. The second-order valence-electron chi connectivity index (χ2n) is 5.78. The molecule has 0 bridgehead atoms. The summed E-state index contributed by atoms with van der Waals surface area (Å²) in [6, 6.07) is 0. The van der Waals surface area contributed by atoms with Crippen LogP contribution < -0.4 is 0 Å². The van der Waals surface area contributed by atoms with Gasteiger partial charge in [0.1, 0.15) is 16.8 Å². The Kier molecular flexibility index (Phi) is 3.60. The molecule has 0 aliphatic heterocycles. The van der Waals surface area contributed by atoms with Crippen LogP contribution in [0.25, 0.3) is 0 Å². The molecule has 1 aliphatic carbocycles. The summed E-state index contributed by atoms with van der Waals surface area (Å²) < 4.78 is 5.71. The zero-order valence-electron chi connectivity index (χ0n) is 11.1. The summed E-state index contributed by atoms with van der Waals surface area (Å²) in [6.07, 6.45) is 4.92. The monoisotopic (exact) mass is 238 g/mol. The molecule has 90 valence electrons. The summed E-state index contributed by atoms with van der Waals surface area (Å²) >= 11 is 0. The molecule has 0 heterocycles. The van der Waals surface area contributed by atoms with E-state index in [4.69, 9.17) is 4.43 Å². The first-order valence-electron chi connectivity index (χ1n) is 5.66. The molecule has 0 fully saturated rings. The van der Waals surface area contributed by atoms with Crippen LogP contribution in [0.1, 0.15) is 34.6 Å². The van der Waals surface area contributed by atoms with Crippen molar-refractivity contribution in [1.29, 1.82) is 0 Å². The van der Waals surface area contributed by atoms with Gasteiger partial charge in [-0.15, -0.1) is 0 Å². The summed E-state index contributed by atoms with van der Waals surface area (Å²) in [6.45, 7) is 10.5. The molecule has 0 N–H and O–H groups in total. The number of aldehydes is 1. The van der Waals surface area contributed by atoms with E-state index in [-0.39, 0.29) is 11.5 Å². The molecule has 1 rings (SSSR count). The summed E-state index contributed by atoms with van der Waals surface area (Å²) in [5.74, 6) is 0. The van der Waals surface area contributed by atoms with Crippen LogP contribution >= 0.6 is 0 Å². The fourth-order valence-corrected chi connectivity index (χ4v) is 3.20. The van der Waals surface area contributed by atoms with Crippen molar-refractivity contribution in [2.24, 2.45) is 10.8 Å². The second kappa shape index (κ2) is 4.30. The zero-order valence-corrected chi connectivity index (χ0v) is 13.1. The molecule has 0 saturated heterocycles. The highest BCUT2D eigenvalue weighted by Gasteiger charge is 2.41. The van der Waals surface area contributed by atoms with Gasteiger partial charge in [0.15, 0.2) is 0 Å². The van der Waals surface area contributed by atoms with Crippen molar-refractivity contribution < 1.29 is 9.22 Å². The van der Waals surface area contributed by atoms with Crippen LogP contribution in [-0.4, -0.2) is 22.9 Å².